The number of anilines is 2. The van der Waals surface area contributed by atoms with E-state index >= 15 is 0 Å². The molecular formula is C25H24N2O4. The van der Waals surface area contributed by atoms with Gasteiger partial charge in [-0.15, -0.1) is 0 Å². The molecule has 158 valence electrons. The van der Waals surface area contributed by atoms with Gasteiger partial charge in [-0.25, -0.2) is 0 Å². The van der Waals surface area contributed by atoms with Crippen LogP contribution in [-0.4, -0.2) is 23.9 Å². The molecule has 0 spiro atoms. The summed E-state index contributed by atoms with van der Waals surface area (Å²) in [5.74, 6) is -1.75. The number of carbonyl (C=O) groups is 3. The molecule has 1 unspecified atom stereocenters. The largest absolute Gasteiger partial charge is 0.452 e. The van der Waals surface area contributed by atoms with Crippen molar-refractivity contribution < 1.29 is 19.1 Å². The highest BCUT2D eigenvalue weighted by molar-refractivity contribution is 5.96. The molecule has 0 saturated heterocycles. The van der Waals surface area contributed by atoms with Crippen molar-refractivity contribution >= 4 is 29.2 Å². The maximum absolute atomic E-state index is 13.0. The van der Waals surface area contributed by atoms with Crippen molar-refractivity contribution in [1.82, 2.24) is 0 Å². The average molecular weight is 416 g/mol. The Kier molecular flexibility index (Phi) is 7.17. The van der Waals surface area contributed by atoms with Crippen molar-refractivity contribution in [2.75, 3.05) is 10.6 Å². The Morgan fingerprint density at radius 3 is 1.61 bits per heavy atom. The van der Waals surface area contributed by atoms with Gasteiger partial charge < -0.3 is 15.4 Å². The lowest BCUT2D eigenvalue weighted by Crippen LogP contribution is -2.32. The van der Waals surface area contributed by atoms with Crippen LogP contribution in [0.4, 0.5) is 11.4 Å². The Labute approximate surface area is 181 Å². The van der Waals surface area contributed by atoms with Gasteiger partial charge in [-0.1, -0.05) is 60.7 Å². The number of benzene rings is 3. The van der Waals surface area contributed by atoms with Crippen molar-refractivity contribution in [2.45, 2.75) is 25.9 Å². The van der Waals surface area contributed by atoms with Gasteiger partial charge in [-0.05, 0) is 42.3 Å². The second-order valence-electron chi connectivity index (χ2n) is 7.08. The van der Waals surface area contributed by atoms with Gasteiger partial charge in [-0.2, -0.15) is 0 Å². The molecule has 0 fully saturated rings. The number of esters is 1. The van der Waals surface area contributed by atoms with E-state index in [0.29, 0.717) is 11.4 Å². The minimum Gasteiger partial charge on any atom is -0.452 e. The highest BCUT2D eigenvalue weighted by atomic mass is 16.5. The van der Waals surface area contributed by atoms with Gasteiger partial charge in [0, 0.05) is 18.3 Å². The molecule has 0 saturated carbocycles. The number of carbonyl (C=O) groups excluding carboxylic acids is 3. The molecule has 31 heavy (non-hydrogen) atoms. The molecule has 3 aromatic rings. The molecule has 2 N–H and O–H groups in total. The fourth-order valence-electron chi connectivity index (χ4n) is 3.14. The van der Waals surface area contributed by atoms with E-state index in [4.69, 9.17) is 4.74 Å². The predicted octanol–water partition coefficient (Wildman–Crippen LogP) is 4.35. The Hall–Kier alpha value is -3.93. The quantitative estimate of drug-likeness (QED) is 0.561. The molecule has 0 aliphatic rings. The third-order valence-electron chi connectivity index (χ3n) is 4.64. The zero-order chi connectivity index (χ0) is 22.2. The van der Waals surface area contributed by atoms with Gasteiger partial charge in [0.25, 0.3) is 5.91 Å². The maximum atomic E-state index is 13.0. The third kappa shape index (κ3) is 6.02. The Morgan fingerprint density at radius 2 is 1.16 bits per heavy atom. The molecule has 0 radical (unpaired) electrons. The van der Waals surface area contributed by atoms with Gasteiger partial charge in [0.15, 0.2) is 6.10 Å². The number of nitrogens with one attached hydrogen (secondary N) is 2. The highest BCUT2D eigenvalue weighted by Gasteiger charge is 2.27. The van der Waals surface area contributed by atoms with E-state index in [0.717, 1.165) is 11.1 Å². The molecular weight excluding hydrogens is 392 g/mol. The van der Waals surface area contributed by atoms with Crippen LogP contribution >= 0.6 is 0 Å². The Bertz CT molecular complexity index is 995. The van der Waals surface area contributed by atoms with E-state index in [1.54, 1.807) is 24.3 Å². The number of amides is 2. The van der Waals surface area contributed by atoms with Crippen LogP contribution in [0.15, 0.2) is 84.9 Å². The molecule has 0 aliphatic heterocycles. The summed E-state index contributed by atoms with van der Waals surface area (Å²) in [4.78, 5) is 36.7. The molecule has 0 aromatic heterocycles. The van der Waals surface area contributed by atoms with Crippen molar-refractivity contribution in [3.8, 4) is 0 Å². The maximum Gasteiger partial charge on any atom is 0.318 e. The minimum atomic E-state index is -0.988. The van der Waals surface area contributed by atoms with Crippen LogP contribution in [0.1, 0.15) is 30.9 Å². The summed E-state index contributed by atoms with van der Waals surface area (Å²) in [5, 5.41) is 5.37. The topological polar surface area (TPSA) is 84.5 Å². The number of rotatable bonds is 7. The molecule has 0 bridgehead atoms. The molecule has 6 nitrogen and oxygen atoms in total. The van der Waals surface area contributed by atoms with Crippen molar-refractivity contribution in [3.05, 3.63) is 96.1 Å². The third-order valence-corrected chi connectivity index (χ3v) is 4.64. The second kappa shape index (κ2) is 10.2. The number of ether oxygens (including phenoxy) is 1. The molecule has 0 heterocycles. The molecule has 6 heteroatoms. The van der Waals surface area contributed by atoms with Crippen molar-refractivity contribution in [1.29, 1.82) is 0 Å². The Morgan fingerprint density at radius 1 is 0.710 bits per heavy atom. The van der Waals surface area contributed by atoms with E-state index in [-0.39, 0.29) is 5.91 Å². The fraction of sp³-hybridized carbons (Fsp3) is 0.160. The van der Waals surface area contributed by atoms with E-state index in [9.17, 15) is 14.4 Å². The molecule has 2 amide bonds. The van der Waals surface area contributed by atoms with Crippen molar-refractivity contribution in [3.63, 3.8) is 0 Å². The normalized spacial score (nSPS) is 11.5. The second-order valence-corrected chi connectivity index (χ2v) is 7.08. The summed E-state index contributed by atoms with van der Waals surface area (Å²) in [6.07, 6.45) is -0.988. The number of hydrogen-bond acceptors (Lipinski definition) is 4. The van der Waals surface area contributed by atoms with Gasteiger partial charge in [0.1, 0.15) is 5.92 Å². The highest BCUT2D eigenvalue weighted by Crippen LogP contribution is 2.26. The lowest BCUT2D eigenvalue weighted by Gasteiger charge is -2.20. The van der Waals surface area contributed by atoms with Crippen LogP contribution in [-0.2, 0) is 19.1 Å². The van der Waals surface area contributed by atoms with Gasteiger partial charge in [-0.3, -0.25) is 14.4 Å². The van der Waals surface area contributed by atoms with E-state index in [1.165, 1.54) is 13.8 Å². The summed E-state index contributed by atoms with van der Waals surface area (Å²) in [6.45, 7) is 2.95. The van der Waals surface area contributed by atoms with Gasteiger partial charge in [0.05, 0.1) is 0 Å². The first kappa shape index (κ1) is 21.8. The summed E-state index contributed by atoms with van der Waals surface area (Å²) >= 11 is 0. The van der Waals surface area contributed by atoms with Gasteiger partial charge >= 0.3 is 5.97 Å². The lowest BCUT2D eigenvalue weighted by atomic mass is 9.91. The van der Waals surface area contributed by atoms with Crippen LogP contribution in [0.2, 0.25) is 0 Å². The first-order chi connectivity index (χ1) is 14.9. The van der Waals surface area contributed by atoms with Crippen LogP contribution in [0.5, 0.6) is 0 Å². The van der Waals surface area contributed by atoms with E-state index in [1.807, 2.05) is 60.7 Å². The zero-order valence-corrected chi connectivity index (χ0v) is 17.4. The summed E-state index contributed by atoms with van der Waals surface area (Å²) in [7, 11) is 0. The summed E-state index contributed by atoms with van der Waals surface area (Å²) in [5.41, 5.74) is 2.74. The smallest absolute Gasteiger partial charge is 0.318 e. The van der Waals surface area contributed by atoms with Crippen LogP contribution in [0.3, 0.4) is 0 Å². The van der Waals surface area contributed by atoms with Crippen LogP contribution in [0, 0.1) is 0 Å². The SMILES string of the molecule is CC(=O)Nc1ccc(NC(=O)C(C)OC(=O)C(c2ccccc2)c2ccccc2)cc1. The van der Waals surface area contributed by atoms with Crippen LogP contribution in [0.25, 0.3) is 0 Å². The molecule has 3 rings (SSSR count). The van der Waals surface area contributed by atoms with Gasteiger partial charge in [0.2, 0.25) is 5.91 Å². The molecule has 1 atom stereocenters. The standard InChI is InChI=1S/C25H24N2O4/c1-17(24(29)27-22-15-13-21(14-16-22)26-18(2)28)31-25(30)23(19-9-5-3-6-10-19)20-11-7-4-8-12-20/h3-17,23H,1-2H3,(H,26,28)(H,27,29). The van der Waals surface area contributed by atoms with Crippen molar-refractivity contribution in [2.24, 2.45) is 0 Å². The predicted molar refractivity (Wildman–Crippen MR) is 120 cm³/mol. The minimum absolute atomic E-state index is 0.177. The Balaban J connectivity index is 1.68. The number of hydrogen-bond donors (Lipinski definition) is 2. The molecule has 3 aromatic carbocycles. The monoisotopic (exact) mass is 416 g/mol. The summed E-state index contributed by atoms with van der Waals surface area (Å²) < 4.78 is 5.52. The lowest BCUT2D eigenvalue weighted by molar-refractivity contribution is -0.153. The summed E-state index contributed by atoms with van der Waals surface area (Å²) in [6, 6.07) is 25.3. The fourth-order valence-corrected chi connectivity index (χ4v) is 3.14. The average Bonchev–Trinajstić information content (AvgIpc) is 2.76. The zero-order valence-electron chi connectivity index (χ0n) is 17.4. The molecule has 0 aliphatic carbocycles. The van der Waals surface area contributed by atoms with Crippen LogP contribution < -0.4 is 10.6 Å². The van der Waals surface area contributed by atoms with E-state index in [2.05, 4.69) is 10.6 Å². The van der Waals surface area contributed by atoms with E-state index < -0.39 is 23.9 Å². The first-order valence-electron chi connectivity index (χ1n) is 9.93. The first-order valence-corrected chi connectivity index (χ1v) is 9.93.